The summed E-state index contributed by atoms with van der Waals surface area (Å²) in [6.45, 7) is 7.18. The van der Waals surface area contributed by atoms with E-state index in [1.54, 1.807) is 13.8 Å². The van der Waals surface area contributed by atoms with E-state index in [4.69, 9.17) is 9.47 Å². The molecular formula is C18H24N2O7. The van der Waals surface area contributed by atoms with Crippen LogP contribution in [0.4, 0.5) is 5.69 Å². The zero-order valence-electron chi connectivity index (χ0n) is 16.0. The highest BCUT2D eigenvalue weighted by molar-refractivity contribution is 5.99. The number of aliphatic carboxylic acids is 1. The normalized spacial score (nSPS) is 23.2. The number of carboxylic acids is 1. The molecule has 1 aliphatic carbocycles. The van der Waals surface area contributed by atoms with Gasteiger partial charge in [-0.2, -0.15) is 0 Å². The molecule has 9 heteroatoms. The number of carboxylic acid groups (broad SMARTS) is 1. The third-order valence-electron chi connectivity index (χ3n) is 5.47. The highest BCUT2D eigenvalue weighted by atomic mass is 16.6. The second kappa shape index (κ2) is 7.15. The fourth-order valence-electron chi connectivity index (χ4n) is 3.51. The molecule has 0 spiro atoms. The maximum Gasteiger partial charge on any atom is 0.330 e. The Labute approximate surface area is 156 Å². The minimum Gasteiger partial charge on any atom is -0.496 e. The highest BCUT2D eigenvalue weighted by Crippen LogP contribution is 2.51. The average Bonchev–Trinajstić information content (AvgIpc) is 2.59. The molecule has 27 heavy (non-hydrogen) atoms. The van der Waals surface area contributed by atoms with Crippen molar-refractivity contribution < 1.29 is 29.1 Å². The molecule has 1 aromatic carbocycles. The molecule has 0 radical (unpaired) electrons. The van der Waals surface area contributed by atoms with E-state index in [1.165, 1.54) is 20.1 Å². The Morgan fingerprint density at radius 1 is 1.41 bits per heavy atom. The summed E-state index contributed by atoms with van der Waals surface area (Å²) in [7, 11) is 1.34. The van der Waals surface area contributed by atoms with Crippen LogP contribution in [-0.4, -0.2) is 47.3 Å². The second-order valence-electron chi connectivity index (χ2n) is 7.11. The molecule has 0 heterocycles. The smallest absolute Gasteiger partial charge is 0.330 e. The topological polar surface area (TPSA) is 128 Å². The average molecular weight is 380 g/mol. The number of hydrogen-bond donors (Lipinski definition) is 2. The van der Waals surface area contributed by atoms with Crippen molar-refractivity contribution in [3.8, 4) is 5.75 Å². The van der Waals surface area contributed by atoms with Crippen molar-refractivity contribution in [3.05, 3.63) is 33.4 Å². The van der Waals surface area contributed by atoms with Crippen LogP contribution in [0.1, 0.15) is 43.1 Å². The van der Waals surface area contributed by atoms with Gasteiger partial charge in [0.25, 0.3) is 11.6 Å². The Morgan fingerprint density at radius 2 is 2.04 bits per heavy atom. The third kappa shape index (κ3) is 3.23. The molecule has 1 aliphatic rings. The number of ether oxygens (including phenoxy) is 2. The number of nitrogens with zero attached hydrogens (tertiary/aromatic N) is 1. The summed E-state index contributed by atoms with van der Waals surface area (Å²) in [5, 5.41) is 23.6. The number of methoxy groups -OCH3 is 1. The van der Waals surface area contributed by atoms with E-state index in [-0.39, 0.29) is 35.1 Å². The maximum atomic E-state index is 12.8. The van der Waals surface area contributed by atoms with Gasteiger partial charge in [-0.25, -0.2) is 4.79 Å². The Kier molecular flexibility index (Phi) is 5.46. The van der Waals surface area contributed by atoms with Crippen LogP contribution in [-0.2, 0) is 9.53 Å². The lowest BCUT2D eigenvalue weighted by atomic mass is 9.54. The van der Waals surface area contributed by atoms with Crippen LogP contribution >= 0.6 is 0 Å². The number of hydrogen-bond acceptors (Lipinski definition) is 6. The lowest BCUT2D eigenvalue weighted by Crippen LogP contribution is -2.76. The van der Waals surface area contributed by atoms with Crippen LogP contribution in [0.5, 0.6) is 5.75 Å². The summed E-state index contributed by atoms with van der Waals surface area (Å²) in [6.07, 6.45) is -0.208. The number of amides is 1. The van der Waals surface area contributed by atoms with E-state index in [1.807, 2.05) is 6.92 Å². The van der Waals surface area contributed by atoms with Gasteiger partial charge in [0.1, 0.15) is 11.3 Å². The van der Waals surface area contributed by atoms with E-state index >= 15 is 0 Å². The molecule has 0 saturated heterocycles. The summed E-state index contributed by atoms with van der Waals surface area (Å²) >= 11 is 0. The van der Waals surface area contributed by atoms with Crippen LogP contribution in [0.2, 0.25) is 0 Å². The predicted molar refractivity (Wildman–Crippen MR) is 96.0 cm³/mol. The molecule has 1 amide bonds. The van der Waals surface area contributed by atoms with Crippen LogP contribution in [0.15, 0.2) is 12.1 Å². The van der Waals surface area contributed by atoms with Crippen molar-refractivity contribution in [2.45, 2.75) is 45.8 Å². The van der Waals surface area contributed by atoms with Gasteiger partial charge in [-0.1, -0.05) is 13.8 Å². The van der Waals surface area contributed by atoms with Crippen molar-refractivity contribution >= 4 is 17.6 Å². The molecule has 2 atom stereocenters. The van der Waals surface area contributed by atoms with Gasteiger partial charge in [-0.05, 0) is 19.9 Å². The molecular weight excluding hydrogens is 356 g/mol. The van der Waals surface area contributed by atoms with Crippen LogP contribution < -0.4 is 10.1 Å². The first kappa shape index (κ1) is 20.6. The summed E-state index contributed by atoms with van der Waals surface area (Å²) in [5.41, 5.74) is -2.42. The number of nitrogens with one attached hydrogen (secondary N) is 1. The van der Waals surface area contributed by atoms with Gasteiger partial charge < -0.3 is 19.9 Å². The van der Waals surface area contributed by atoms with Crippen LogP contribution in [0, 0.1) is 22.5 Å². The van der Waals surface area contributed by atoms with Crippen LogP contribution in [0.3, 0.4) is 0 Å². The fraction of sp³-hybridized carbons (Fsp3) is 0.556. The molecule has 0 aliphatic heterocycles. The van der Waals surface area contributed by atoms with Gasteiger partial charge in [0.05, 0.1) is 23.7 Å². The van der Waals surface area contributed by atoms with E-state index in [9.17, 15) is 24.8 Å². The Bertz CT molecular complexity index is 790. The molecule has 1 fully saturated rings. The van der Waals surface area contributed by atoms with E-state index in [0.29, 0.717) is 6.61 Å². The second-order valence-corrected chi connectivity index (χ2v) is 7.11. The number of carbonyl (C=O) groups excluding carboxylic acids is 1. The lowest BCUT2D eigenvalue weighted by Gasteiger charge is -2.58. The summed E-state index contributed by atoms with van der Waals surface area (Å²) in [4.78, 5) is 35.4. The molecule has 1 aromatic rings. The monoisotopic (exact) mass is 380 g/mol. The number of nitro groups is 1. The first-order valence-corrected chi connectivity index (χ1v) is 8.52. The molecule has 0 aromatic heterocycles. The lowest BCUT2D eigenvalue weighted by molar-refractivity contribution is -0.385. The zero-order chi connectivity index (χ0) is 20.6. The predicted octanol–water partition coefficient (Wildman–Crippen LogP) is 2.30. The Hall–Kier alpha value is -2.68. The molecule has 1 saturated carbocycles. The third-order valence-corrected chi connectivity index (χ3v) is 5.47. The number of rotatable bonds is 7. The molecule has 0 bridgehead atoms. The van der Waals surface area contributed by atoms with Gasteiger partial charge in [0.15, 0.2) is 0 Å². The van der Waals surface area contributed by atoms with Gasteiger partial charge in [-0.3, -0.25) is 14.9 Å². The van der Waals surface area contributed by atoms with Crippen molar-refractivity contribution in [1.82, 2.24) is 5.32 Å². The van der Waals surface area contributed by atoms with Crippen molar-refractivity contribution in [2.24, 2.45) is 5.41 Å². The number of nitro benzene ring substituents is 1. The number of benzene rings is 1. The van der Waals surface area contributed by atoms with Gasteiger partial charge in [0, 0.05) is 30.1 Å². The van der Waals surface area contributed by atoms with Gasteiger partial charge in [-0.15, -0.1) is 0 Å². The molecule has 2 unspecified atom stereocenters. The minimum absolute atomic E-state index is 0.0413. The van der Waals surface area contributed by atoms with Crippen LogP contribution in [0.25, 0.3) is 0 Å². The van der Waals surface area contributed by atoms with Crippen molar-refractivity contribution in [2.75, 3.05) is 13.7 Å². The molecule has 9 nitrogen and oxygen atoms in total. The summed E-state index contributed by atoms with van der Waals surface area (Å²) in [5.74, 6) is -1.72. The van der Waals surface area contributed by atoms with Gasteiger partial charge >= 0.3 is 5.97 Å². The Morgan fingerprint density at radius 3 is 2.48 bits per heavy atom. The Balaban J connectivity index is 2.39. The van der Waals surface area contributed by atoms with E-state index < -0.39 is 27.8 Å². The maximum absolute atomic E-state index is 12.8. The van der Waals surface area contributed by atoms with Crippen molar-refractivity contribution in [1.29, 1.82) is 0 Å². The largest absolute Gasteiger partial charge is 0.496 e. The van der Waals surface area contributed by atoms with Crippen molar-refractivity contribution in [3.63, 3.8) is 0 Å². The first-order valence-electron chi connectivity index (χ1n) is 8.52. The van der Waals surface area contributed by atoms with E-state index in [0.717, 1.165) is 6.07 Å². The molecule has 2 N–H and O–H groups in total. The van der Waals surface area contributed by atoms with Gasteiger partial charge in [0.2, 0.25) is 0 Å². The quantitative estimate of drug-likeness (QED) is 0.548. The SMILES string of the molecule is CCOC1CC(NC(=O)c2cc(OC)c(C)c([N+](=O)[O-])c2)(C(=O)O)C1(C)C. The minimum atomic E-state index is -1.53. The number of carbonyl (C=O) groups is 2. The zero-order valence-corrected chi connectivity index (χ0v) is 16.0. The standard InChI is InChI=1S/C18H24N2O7/c1-6-27-14-9-18(16(22)23,17(14,3)4)19-15(21)11-7-12(20(24)25)10(2)13(8-11)26-5/h7-8,14H,6,9H2,1-5H3,(H,19,21)(H,22,23). The fourth-order valence-corrected chi connectivity index (χ4v) is 3.51. The molecule has 2 rings (SSSR count). The first-order chi connectivity index (χ1) is 12.5. The summed E-state index contributed by atoms with van der Waals surface area (Å²) < 4.78 is 10.7. The highest BCUT2D eigenvalue weighted by Gasteiger charge is 2.66. The molecule has 148 valence electrons. The van der Waals surface area contributed by atoms with E-state index in [2.05, 4.69) is 5.32 Å². The summed E-state index contributed by atoms with van der Waals surface area (Å²) in [6, 6.07) is 2.48.